The standard InChI is InChI=1S/C30H27ClN2O6S/c1-17(2)39-27-13-23-20(11-26(27)37-3)12-28(34)33(29(23)18-4-7-21(31)8-5-18)24-9-6-19(30(35)36)10-25(24)38-15-22-14-32-16-40-22/h4-11,13-14,16-17,29H,12,15H2,1-3H3,(H,35,36). The molecule has 206 valence electrons. The molecule has 1 aromatic heterocycles. The van der Waals surface area contributed by atoms with Crippen molar-refractivity contribution >= 4 is 40.5 Å². The van der Waals surface area contributed by atoms with Crippen LogP contribution in [0.1, 0.15) is 51.8 Å². The van der Waals surface area contributed by atoms with Gasteiger partial charge < -0.3 is 19.3 Å². The Morgan fingerprint density at radius 1 is 1.12 bits per heavy atom. The Bertz CT molecular complexity index is 1540. The smallest absolute Gasteiger partial charge is 0.335 e. The van der Waals surface area contributed by atoms with Crippen LogP contribution in [0.15, 0.2) is 66.3 Å². The van der Waals surface area contributed by atoms with Crippen molar-refractivity contribution < 1.29 is 28.9 Å². The number of aromatic carboxylic acids is 1. The highest BCUT2D eigenvalue weighted by Crippen LogP contribution is 2.46. The predicted molar refractivity (Wildman–Crippen MR) is 153 cm³/mol. The molecule has 0 spiro atoms. The van der Waals surface area contributed by atoms with Gasteiger partial charge >= 0.3 is 5.97 Å². The number of aromatic nitrogens is 1. The number of benzene rings is 3. The Hall–Kier alpha value is -4.08. The summed E-state index contributed by atoms with van der Waals surface area (Å²) < 4.78 is 17.8. The van der Waals surface area contributed by atoms with E-state index in [-0.39, 0.29) is 36.4 Å². The molecule has 2 heterocycles. The van der Waals surface area contributed by atoms with Gasteiger partial charge in [0.25, 0.3) is 0 Å². The molecule has 0 bridgehead atoms. The molecule has 10 heteroatoms. The first-order chi connectivity index (χ1) is 19.2. The molecule has 1 amide bonds. The summed E-state index contributed by atoms with van der Waals surface area (Å²) in [6.45, 7) is 4.04. The highest BCUT2D eigenvalue weighted by atomic mass is 35.5. The third kappa shape index (κ3) is 5.61. The third-order valence-electron chi connectivity index (χ3n) is 6.46. The fraction of sp³-hybridized carbons (Fsp3) is 0.233. The number of methoxy groups -OCH3 is 1. The van der Waals surface area contributed by atoms with E-state index >= 15 is 0 Å². The van der Waals surface area contributed by atoms with E-state index < -0.39 is 12.0 Å². The number of carbonyl (C=O) groups is 2. The molecule has 1 aliphatic heterocycles. The maximum Gasteiger partial charge on any atom is 0.335 e. The molecule has 40 heavy (non-hydrogen) atoms. The average Bonchev–Trinajstić information content (AvgIpc) is 3.45. The minimum atomic E-state index is -1.10. The number of hydrogen-bond donors (Lipinski definition) is 1. The van der Waals surface area contributed by atoms with Crippen LogP contribution in [0.3, 0.4) is 0 Å². The van der Waals surface area contributed by atoms with Crippen molar-refractivity contribution in [2.75, 3.05) is 12.0 Å². The summed E-state index contributed by atoms with van der Waals surface area (Å²) in [5.41, 5.74) is 4.67. The molecule has 0 saturated heterocycles. The summed E-state index contributed by atoms with van der Waals surface area (Å²) in [7, 11) is 1.57. The minimum Gasteiger partial charge on any atom is -0.493 e. The van der Waals surface area contributed by atoms with E-state index in [0.717, 1.165) is 21.6 Å². The highest BCUT2D eigenvalue weighted by Gasteiger charge is 2.37. The van der Waals surface area contributed by atoms with Gasteiger partial charge in [0.1, 0.15) is 12.4 Å². The maximum absolute atomic E-state index is 13.9. The molecule has 0 radical (unpaired) electrons. The molecule has 8 nitrogen and oxygen atoms in total. The normalized spacial score (nSPS) is 14.7. The van der Waals surface area contributed by atoms with Crippen LogP contribution >= 0.6 is 22.9 Å². The molecule has 0 saturated carbocycles. The van der Waals surface area contributed by atoms with E-state index in [2.05, 4.69) is 4.98 Å². The fourth-order valence-electron chi connectivity index (χ4n) is 4.73. The first-order valence-electron chi connectivity index (χ1n) is 12.6. The number of nitrogens with zero attached hydrogens (tertiary/aromatic N) is 2. The fourth-order valence-corrected chi connectivity index (χ4v) is 5.37. The molecule has 0 fully saturated rings. The van der Waals surface area contributed by atoms with E-state index in [1.807, 2.05) is 38.1 Å². The second kappa shape index (κ2) is 11.6. The van der Waals surface area contributed by atoms with Crippen LogP contribution in [0.25, 0.3) is 0 Å². The number of fused-ring (bicyclic) bond motifs is 1. The largest absolute Gasteiger partial charge is 0.493 e. The first kappa shape index (κ1) is 27.5. The number of carbonyl (C=O) groups excluding carboxylic acids is 1. The van der Waals surface area contributed by atoms with Crippen LogP contribution in [0.2, 0.25) is 5.02 Å². The summed E-state index contributed by atoms with van der Waals surface area (Å²) in [4.78, 5) is 32.3. The lowest BCUT2D eigenvalue weighted by Crippen LogP contribution is -2.41. The molecule has 1 unspecified atom stereocenters. The van der Waals surface area contributed by atoms with Gasteiger partial charge in [-0.05, 0) is 73.0 Å². The van der Waals surface area contributed by atoms with Crippen LogP contribution in [0.4, 0.5) is 5.69 Å². The molecular formula is C30H27ClN2O6S. The van der Waals surface area contributed by atoms with Gasteiger partial charge in [0.05, 0.1) is 47.3 Å². The molecular weight excluding hydrogens is 552 g/mol. The summed E-state index contributed by atoms with van der Waals surface area (Å²) >= 11 is 7.64. The monoisotopic (exact) mass is 578 g/mol. The molecule has 1 aliphatic rings. The van der Waals surface area contributed by atoms with Crippen LogP contribution in [0, 0.1) is 0 Å². The van der Waals surface area contributed by atoms with Crippen molar-refractivity contribution in [3.05, 3.63) is 98.5 Å². The molecule has 0 aliphatic carbocycles. The second-order valence-electron chi connectivity index (χ2n) is 9.51. The minimum absolute atomic E-state index is 0.0494. The van der Waals surface area contributed by atoms with Crippen molar-refractivity contribution in [3.63, 3.8) is 0 Å². The number of thiazole rings is 1. The van der Waals surface area contributed by atoms with Gasteiger partial charge in [0.15, 0.2) is 11.5 Å². The second-order valence-corrected chi connectivity index (χ2v) is 10.9. The Balaban J connectivity index is 1.68. The molecule has 5 rings (SSSR count). The molecule has 4 aromatic rings. The van der Waals surface area contributed by atoms with Crippen LogP contribution in [-0.2, 0) is 17.8 Å². The van der Waals surface area contributed by atoms with Gasteiger partial charge in [-0.25, -0.2) is 4.79 Å². The van der Waals surface area contributed by atoms with Crippen molar-refractivity contribution in [2.24, 2.45) is 0 Å². The van der Waals surface area contributed by atoms with Crippen LogP contribution in [0.5, 0.6) is 17.2 Å². The quantitative estimate of drug-likeness (QED) is 0.240. The lowest BCUT2D eigenvalue weighted by molar-refractivity contribution is -0.118. The van der Waals surface area contributed by atoms with Gasteiger partial charge in [0.2, 0.25) is 5.91 Å². The van der Waals surface area contributed by atoms with E-state index in [9.17, 15) is 14.7 Å². The molecule has 3 aromatic carbocycles. The zero-order valence-electron chi connectivity index (χ0n) is 22.1. The lowest BCUT2D eigenvalue weighted by atomic mass is 9.86. The number of rotatable bonds is 9. The third-order valence-corrected chi connectivity index (χ3v) is 7.46. The van der Waals surface area contributed by atoms with Crippen LogP contribution in [-0.4, -0.2) is 35.2 Å². The highest BCUT2D eigenvalue weighted by molar-refractivity contribution is 7.09. The van der Waals surface area contributed by atoms with Crippen molar-refractivity contribution in [1.82, 2.24) is 4.98 Å². The molecule has 1 N–H and O–H groups in total. The van der Waals surface area contributed by atoms with E-state index in [1.165, 1.54) is 23.5 Å². The Morgan fingerprint density at radius 3 is 2.55 bits per heavy atom. The average molecular weight is 579 g/mol. The topological polar surface area (TPSA) is 98.2 Å². The predicted octanol–water partition coefficient (Wildman–Crippen LogP) is 6.55. The Kier molecular flexibility index (Phi) is 7.95. The zero-order chi connectivity index (χ0) is 28.4. The number of carboxylic acids is 1. The lowest BCUT2D eigenvalue weighted by Gasteiger charge is -2.39. The van der Waals surface area contributed by atoms with Gasteiger partial charge in [-0.3, -0.25) is 14.7 Å². The Labute approximate surface area is 240 Å². The summed E-state index contributed by atoms with van der Waals surface area (Å²) in [5, 5.41) is 10.2. The number of ether oxygens (including phenoxy) is 3. The van der Waals surface area contributed by atoms with Crippen molar-refractivity contribution in [3.8, 4) is 17.2 Å². The van der Waals surface area contributed by atoms with Gasteiger partial charge in [-0.2, -0.15) is 0 Å². The zero-order valence-corrected chi connectivity index (χ0v) is 23.7. The number of amides is 1. The maximum atomic E-state index is 13.9. The van der Waals surface area contributed by atoms with Crippen molar-refractivity contribution in [1.29, 1.82) is 0 Å². The Morgan fingerprint density at radius 2 is 1.90 bits per heavy atom. The van der Waals surface area contributed by atoms with Gasteiger partial charge in [-0.1, -0.05) is 23.7 Å². The first-order valence-corrected chi connectivity index (χ1v) is 13.8. The van der Waals surface area contributed by atoms with E-state index in [0.29, 0.717) is 22.2 Å². The van der Waals surface area contributed by atoms with Gasteiger partial charge in [-0.15, -0.1) is 11.3 Å². The van der Waals surface area contributed by atoms with Crippen LogP contribution < -0.4 is 19.1 Å². The number of anilines is 1. The number of halogens is 1. The van der Waals surface area contributed by atoms with E-state index in [1.54, 1.807) is 41.9 Å². The van der Waals surface area contributed by atoms with Gasteiger partial charge in [0, 0.05) is 11.2 Å². The number of hydrogen-bond acceptors (Lipinski definition) is 7. The van der Waals surface area contributed by atoms with Crippen molar-refractivity contribution in [2.45, 2.75) is 39.0 Å². The summed E-state index contributed by atoms with van der Waals surface area (Å²) in [6.07, 6.45) is 1.69. The SMILES string of the molecule is COc1cc2c(cc1OC(C)C)C(c1ccc(Cl)cc1)N(c1ccc(C(=O)O)cc1OCc1cncs1)C(=O)C2. The summed E-state index contributed by atoms with van der Waals surface area (Å²) in [6, 6.07) is 15.0. The molecule has 1 atom stereocenters. The number of carboxylic acid groups (broad SMARTS) is 1. The van der Waals surface area contributed by atoms with E-state index in [4.69, 9.17) is 25.8 Å². The summed E-state index contributed by atoms with van der Waals surface area (Å²) in [5.74, 6) is 0.102.